The van der Waals surface area contributed by atoms with Gasteiger partial charge in [0.25, 0.3) is 5.56 Å². The second-order valence-electron chi connectivity index (χ2n) is 4.51. The lowest BCUT2D eigenvalue weighted by molar-refractivity contribution is 0.352. The van der Waals surface area contributed by atoms with Crippen LogP contribution >= 0.6 is 0 Å². The van der Waals surface area contributed by atoms with E-state index in [1.165, 1.54) is 0 Å². The van der Waals surface area contributed by atoms with Crippen LogP contribution in [0.25, 0.3) is 0 Å². The number of nitrogens with one attached hydrogen (secondary N) is 2. The summed E-state index contributed by atoms with van der Waals surface area (Å²) >= 11 is 0. The Morgan fingerprint density at radius 2 is 2.06 bits per heavy atom. The van der Waals surface area contributed by atoms with E-state index in [2.05, 4.69) is 15.2 Å². The van der Waals surface area contributed by atoms with E-state index in [0.717, 1.165) is 25.9 Å². The fraction of sp³-hybridized carbons (Fsp3) is 0.700. The molecule has 4 N–H and O–H groups in total. The molecule has 7 nitrogen and oxygen atoms in total. The molecule has 1 unspecified atom stereocenters. The van der Waals surface area contributed by atoms with E-state index < -0.39 is 11.2 Å². The predicted octanol–water partition coefficient (Wildman–Crippen LogP) is -0.978. The summed E-state index contributed by atoms with van der Waals surface area (Å²) in [5.41, 5.74) is 4.84. The van der Waals surface area contributed by atoms with Crippen molar-refractivity contribution < 1.29 is 0 Å². The van der Waals surface area contributed by atoms with Gasteiger partial charge in [-0.1, -0.05) is 0 Å². The van der Waals surface area contributed by atoms with Gasteiger partial charge in [-0.2, -0.15) is 0 Å². The molecule has 0 bridgehead atoms. The number of nitrogens with two attached hydrogens (primary N) is 1. The van der Waals surface area contributed by atoms with Crippen LogP contribution in [0.15, 0.2) is 9.59 Å². The highest BCUT2D eigenvalue weighted by atomic mass is 16.2. The summed E-state index contributed by atoms with van der Waals surface area (Å²) in [6.07, 6.45) is 1.88. The van der Waals surface area contributed by atoms with Gasteiger partial charge in [0.2, 0.25) is 5.82 Å². The van der Waals surface area contributed by atoms with Crippen LogP contribution < -0.4 is 21.9 Å². The lowest BCUT2D eigenvalue weighted by atomic mass is 9.91. The summed E-state index contributed by atoms with van der Waals surface area (Å²) < 4.78 is 0. The van der Waals surface area contributed by atoms with Crippen molar-refractivity contribution in [1.29, 1.82) is 0 Å². The Hall–Kier alpha value is -1.63. The van der Waals surface area contributed by atoms with Crippen molar-refractivity contribution in [3.8, 4) is 0 Å². The quantitative estimate of drug-likeness (QED) is 0.615. The monoisotopic (exact) mass is 239 g/mol. The zero-order chi connectivity index (χ0) is 12.4. The Balaban J connectivity index is 2.11. The SMILES string of the molecule is CC(N)C1CCN(c2n[nH]c(=O)[nH]c2=O)CC1. The number of aromatic amines is 2. The molecule has 1 fully saturated rings. The smallest absolute Gasteiger partial charge is 0.342 e. The highest BCUT2D eigenvalue weighted by Gasteiger charge is 2.24. The zero-order valence-corrected chi connectivity index (χ0v) is 9.77. The molecule has 2 rings (SSSR count). The van der Waals surface area contributed by atoms with Crippen molar-refractivity contribution >= 4 is 5.82 Å². The number of piperidine rings is 1. The number of H-pyrrole nitrogens is 2. The lowest BCUT2D eigenvalue weighted by Gasteiger charge is -2.33. The lowest BCUT2D eigenvalue weighted by Crippen LogP contribution is -2.43. The molecule has 1 atom stereocenters. The molecule has 0 radical (unpaired) electrons. The predicted molar refractivity (Wildman–Crippen MR) is 64.1 cm³/mol. The average Bonchev–Trinajstić information content (AvgIpc) is 2.29. The Bertz CT molecular complexity index is 484. The Labute approximate surface area is 98.0 Å². The van der Waals surface area contributed by atoms with Crippen LogP contribution in [-0.2, 0) is 0 Å². The summed E-state index contributed by atoms with van der Waals surface area (Å²) in [4.78, 5) is 26.5. The van der Waals surface area contributed by atoms with E-state index in [1.54, 1.807) is 0 Å². The normalized spacial score (nSPS) is 19.3. The molecule has 7 heteroatoms. The number of nitrogens with zero attached hydrogens (tertiary/aromatic N) is 2. The first-order valence-corrected chi connectivity index (χ1v) is 5.77. The molecule has 17 heavy (non-hydrogen) atoms. The second kappa shape index (κ2) is 4.70. The van der Waals surface area contributed by atoms with E-state index >= 15 is 0 Å². The van der Waals surface area contributed by atoms with Crippen LogP contribution in [0.1, 0.15) is 19.8 Å². The maximum atomic E-state index is 11.6. The van der Waals surface area contributed by atoms with Crippen LogP contribution in [0.2, 0.25) is 0 Å². The standard InChI is InChI=1S/C10H17N5O2/c1-6(11)7-2-4-15(5-3-7)8-9(16)12-10(17)14-13-8/h6-7H,2-5,11H2,1H3,(H2,12,14,16,17). The number of hydrogen-bond acceptors (Lipinski definition) is 5. The molecule has 0 amide bonds. The second-order valence-corrected chi connectivity index (χ2v) is 4.51. The summed E-state index contributed by atoms with van der Waals surface area (Å²) in [5, 5.41) is 6.03. The van der Waals surface area contributed by atoms with Crippen molar-refractivity contribution in [3.05, 3.63) is 20.8 Å². The zero-order valence-electron chi connectivity index (χ0n) is 9.77. The maximum absolute atomic E-state index is 11.6. The molecule has 94 valence electrons. The minimum atomic E-state index is -0.579. The minimum absolute atomic E-state index is 0.180. The van der Waals surface area contributed by atoms with Gasteiger partial charge in [-0.25, -0.2) is 9.89 Å². The van der Waals surface area contributed by atoms with Gasteiger partial charge >= 0.3 is 5.69 Å². The van der Waals surface area contributed by atoms with Gasteiger partial charge in [-0.3, -0.25) is 9.78 Å². The van der Waals surface area contributed by atoms with Crippen LogP contribution in [-0.4, -0.2) is 34.3 Å². The van der Waals surface area contributed by atoms with Crippen molar-refractivity contribution in [1.82, 2.24) is 15.2 Å². The van der Waals surface area contributed by atoms with E-state index in [4.69, 9.17) is 5.73 Å². The van der Waals surface area contributed by atoms with Gasteiger partial charge in [-0.05, 0) is 25.7 Å². The molecule has 0 saturated carbocycles. The average molecular weight is 239 g/mol. The molecule has 0 aliphatic carbocycles. The van der Waals surface area contributed by atoms with Crippen molar-refractivity contribution in [2.24, 2.45) is 11.7 Å². The number of anilines is 1. The van der Waals surface area contributed by atoms with Gasteiger partial charge in [0.1, 0.15) is 0 Å². The Morgan fingerprint density at radius 1 is 1.41 bits per heavy atom. The summed E-state index contributed by atoms with van der Waals surface area (Å²) in [6, 6.07) is 0.180. The fourth-order valence-electron chi connectivity index (χ4n) is 2.19. The first-order chi connectivity index (χ1) is 8.08. The van der Waals surface area contributed by atoms with Crippen molar-refractivity contribution in [2.45, 2.75) is 25.8 Å². The van der Waals surface area contributed by atoms with Crippen molar-refractivity contribution in [2.75, 3.05) is 18.0 Å². The fourth-order valence-corrected chi connectivity index (χ4v) is 2.19. The highest BCUT2D eigenvalue weighted by Crippen LogP contribution is 2.21. The highest BCUT2D eigenvalue weighted by molar-refractivity contribution is 5.34. The summed E-state index contributed by atoms with van der Waals surface area (Å²) in [6.45, 7) is 3.49. The first kappa shape index (κ1) is 11.8. The van der Waals surface area contributed by atoms with E-state index in [1.807, 2.05) is 11.8 Å². The van der Waals surface area contributed by atoms with Crippen molar-refractivity contribution in [3.63, 3.8) is 0 Å². The molecule has 1 aliphatic rings. The molecule has 1 aliphatic heterocycles. The minimum Gasteiger partial charge on any atom is -0.351 e. The number of rotatable bonds is 2. The molecular formula is C10H17N5O2. The van der Waals surface area contributed by atoms with Gasteiger partial charge in [0, 0.05) is 19.1 Å². The molecule has 1 aromatic rings. The number of aromatic nitrogens is 3. The molecular weight excluding hydrogens is 222 g/mol. The first-order valence-electron chi connectivity index (χ1n) is 5.77. The third kappa shape index (κ3) is 2.55. The summed E-state index contributed by atoms with van der Waals surface area (Å²) in [5.74, 6) is 0.779. The third-order valence-electron chi connectivity index (χ3n) is 3.28. The van der Waals surface area contributed by atoms with Gasteiger partial charge in [-0.15, -0.1) is 5.10 Å². The van der Waals surface area contributed by atoms with Crippen LogP contribution in [0.5, 0.6) is 0 Å². The van der Waals surface area contributed by atoms with Crippen LogP contribution in [0.4, 0.5) is 5.82 Å². The molecule has 1 saturated heterocycles. The van der Waals surface area contributed by atoms with E-state index in [-0.39, 0.29) is 11.9 Å². The van der Waals surface area contributed by atoms with E-state index in [0.29, 0.717) is 5.92 Å². The number of hydrogen-bond donors (Lipinski definition) is 3. The summed E-state index contributed by atoms with van der Waals surface area (Å²) in [7, 11) is 0. The van der Waals surface area contributed by atoms with Gasteiger partial charge in [0.15, 0.2) is 0 Å². The van der Waals surface area contributed by atoms with Crippen LogP contribution in [0.3, 0.4) is 0 Å². The molecule has 0 aromatic carbocycles. The Morgan fingerprint density at radius 3 is 2.59 bits per heavy atom. The molecule has 0 spiro atoms. The molecule has 2 heterocycles. The topological polar surface area (TPSA) is 108 Å². The Kier molecular flexibility index (Phi) is 3.28. The largest absolute Gasteiger partial charge is 0.351 e. The molecule has 1 aromatic heterocycles. The van der Waals surface area contributed by atoms with E-state index in [9.17, 15) is 9.59 Å². The van der Waals surface area contributed by atoms with Gasteiger partial charge < -0.3 is 10.6 Å². The third-order valence-corrected chi connectivity index (χ3v) is 3.28. The van der Waals surface area contributed by atoms with Gasteiger partial charge in [0.05, 0.1) is 0 Å². The maximum Gasteiger partial charge on any atom is 0.342 e. The van der Waals surface area contributed by atoms with Crippen LogP contribution in [0, 0.1) is 5.92 Å².